The molecule has 0 amide bonds. The molecule has 2 heterocycles. The highest BCUT2D eigenvalue weighted by Gasteiger charge is 2.22. The first kappa shape index (κ1) is 19.8. The monoisotopic (exact) mass is 402 g/mol. The molecule has 0 aliphatic heterocycles. The number of aromatic nitrogens is 6. The van der Waals surface area contributed by atoms with Gasteiger partial charge in [-0.3, -0.25) is 9.13 Å². The number of nitrogens with zero attached hydrogens (tertiary/aromatic N) is 5. The molecule has 0 saturated carbocycles. The van der Waals surface area contributed by atoms with Crippen LogP contribution in [0.4, 0.5) is 0 Å². The second-order valence-electron chi connectivity index (χ2n) is 8.41. The maximum atomic E-state index is 12.8. The quantitative estimate of drug-likeness (QED) is 0.550. The lowest BCUT2D eigenvalue weighted by Crippen LogP contribution is -2.28. The molecule has 0 atom stereocenters. The summed E-state index contributed by atoms with van der Waals surface area (Å²) in [6.07, 6.45) is 1.98. The predicted molar refractivity (Wildman–Crippen MR) is 117 cm³/mol. The molecule has 7 nitrogen and oxygen atoms in total. The molecule has 2 aromatic carbocycles. The molecular formula is C23H26N6O. The lowest BCUT2D eigenvalue weighted by Gasteiger charge is -2.20. The van der Waals surface area contributed by atoms with Crippen LogP contribution in [-0.2, 0) is 18.5 Å². The summed E-state index contributed by atoms with van der Waals surface area (Å²) in [7, 11) is 0. The van der Waals surface area contributed by atoms with E-state index in [-0.39, 0.29) is 11.1 Å². The standard InChI is InChI=1S/C23H26N6O/c1-5-28-15-20(23(2,3)4)29(22(28)30)14-16-10-12-17(13-11-16)18-8-6-7-9-19(18)21-24-26-27-25-21/h6-13,15H,5,14H2,1-4H3,(H,24,25,26,27). The Hall–Kier alpha value is -3.48. The van der Waals surface area contributed by atoms with E-state index in [1.807, 2.05) is 35.9 Å². The van der Waals surface area contributed by atoms with Gasteiger partial charge in [-0.15, -0.1) is 5.10 Å². The minimum absolute atomic E-state index is 0.0367. The normalized spacial score (nSPS) is 11.7. The predicted octanol–water partition coefficient (Wildman–Crippen LogP) is 3.86. The van der Waals surface area contributed by atoms with Crippen LogP contribution < -0.4 is 5.69 Å². The van der Waals surface area contributed by atoms with E-state index < -0.39 is 0 Å². The molecule has 154 valence electrons. The van der Waals surface area contributed by atoms with Crippen LogP contribution in [0.15, 0.2) is 59.5 Å². The van der Waals surface area contributed by atoms with E-state index >= 15 is 0 Å². The van der Waals surface area contributed by atoms with Crippen molar-refractivity contribution in [3.63, 3.8) is 0 Å². The molecule has 0 saturated heterocycles. The van der Waals surface area contributed by atoms with E-state index in [9.17, 15) is 4.79 Å². The van der Waals surface area contributed by atoms with Crippen molar-refractivity contribution in [2.75, 3.05) is 0 Å². The maximum Gasteiger partial charge on any atom is 0.328 e. The largest absolute Gasteiger partial charge is 0.328 e. The molecule has 0 radical (unpaired) electrons. The molecule has 0 bridgehead atoms. The van der Waals surface area contributed by atoms with Gasteiger partial charge in [0.2, 0.25) is 0 Å². The molecule has 0 fully saturated rings. The van der Waals surface area contributed by atoms with Crippen molar-refractivity contribution in [2.24, 2.45) is 0 Å². The number of hydrogen-bond acceptors (Lipinski definition) is 4. The third-order valence-electron chi connectivity index (χ3n) is 5.29. The molecule has 2 aromatic heterocycles. The van der Waals surface area contributed by atoms with Gasteiger partial charge in [0.05, 0.1) is 6.54 Å². The van der Waals surface area contributed by atoms with E-state index in [2.05, 4.69) is 71.7 Å². The van der Waals surface area contributed by atoms with Gasteiger partial charge in [-0.25, -0.2) is 9.89 Å². The van der Waals surface area contributed by atoms with E-state index in [4.69, 9.17) is 0 Å². The number of aromatic amines is 1. The third kappa shape index (κ3) is 3.70. The van der Waals surface area contributed by atoms with Gasteiger partial charge in [0.25, 0.3) is 0 Å². The Balaban J connectivity index is 1.67. The molecule has 0 aliphatic carbocycles. The molecule has 7 heteroatoms. The highest BCUT2D eigenvalue weighted by Crippen LogP contribution is 2.30. The summed E-state index contributed by atoms with van der Waals surface area (Å²) in [4.78, 5) is 12.8. The van der Waals surface area contributed by atoms with Crippen LogP contribution in [0.1, 0.15) is 39.0 Å². The number of nitrogens with one attached hydrogen (secondary N) is 1. The smallest absolute Gasteiger partial charge is 0.299 e. The zero-order valence-corrected chi connectivity index (χ0v) is 17.8. The summed E-state index contributed by atoms with van der Waals surface area (Å²) >= 11 is 0. The lowest BCUT2D eigenvalue weighted by atomic mass is 9.92. The van der Waals surface area contributed by atoms with Gasteiger partial charge in [-0.05, 0) is 34.0 Å². The first-order valence-electron chi connectivity index (χ1n) is 10.1. The van der Waals surface area contributed by atoms with Gasteiger partial charge >= 0.3 is 5.69 Å². The highest BCUT2D eigenvalue weighted by molar-refractivity contribution is 5.80. The lowest BCUT2D eigenvalue weighted by molar-refractivity contribution is 0.525. The molecule has 30 heavy (non-hydrogen) atoms. The van der Waals surface area contributed by atoms with Crippen LogP contribution in [0.25, 0.3) is 22.5 Å². The summed E-state index contributed by atoms with van der Waals surface area (Å²) in [5.41, 5.74) is 5.12. The van der Waals surface area contributed by atoms with Crippen molar-refractivity contribution in [1.29, 1.82) is 0 Å². The molecule has 4 aromatic rings. The Labute approximate surface area is 175 Å². The number of hydrogen-bond donors (Lipinski definition) is 1. The number of H-pyrrole nitrogens is 1. The zero-order chi connectivity index (χ0) is 21.3. The maximum absolute atomic E-state index is 12.8. The summed E-state index contributed by atoms with van der Waals surface area (Å²) in [5, 5.41) is 14.2. The van der Waals surface area contributed by atoms with Crippen LogP contribution in [0.5, 0.6) is 0 Å². The van der Waals surface area contributed by atoms with Gasteiger partial charge in [0.15, 0.2) is 5.82 Å². The Morgan fingerprint density at radius 1 is 1.00 bits per heavy atom. The van der Waals surface area contributed by atoms with Crippen molar-refractivity contribution in [1.82, 2.24) is 29.8 Å². The number of imidazole rings is 1. The first-order valence-corrected chi connectivity index (χ1v) is 10.1. The van der Waals surface area contributed by atoms with Gasteiger partial charge in [0, 0.05) is 29.4 Å². The number of benzene rings is 2. The third-order valence-corrected chi connectivity index (χ3v) is 5.29. The molecular weight excluding hydrogens is 376 g/mol. The molecule has 0 spiro atoms. The molecule has 0 unspecified atom stereocenters. The minimum Gasteiger partial charge on any atom is -0.299 e. The van der Waals surface area contributed by atoms with E-state index in [0.29, 0.717) is 18.9 Å². The van der Waals surface area contributed by atoms with Crippen LogP contribution in [0.2, 0.25) is 0 Å². The molecule has 1 N–H and O–H groups in total. The SMILES string of the molecule is CCn1cc(C(C)(C)C)n(Cc2ccc(-c3ccccc3-c3nnn[nH]3)cc2)c1=O. The van der Waals surface area contributed by atoms with Crippen LogP contribution in [0.3, 0.4) is 0 Å². The Kier molecular flexibility index (Phi) is 5.11. The fraction of sp³-hybridized carbons (Fsp3) is 0.304. The number of tetrazole rings is 1. The van der Waals surface area contributed by atoms with Crippen molar-refractivity contribution >= 4 is 0 Å². The first-order chi connectivity index (χ1) is 14.4. The number of aryl methyl sites for hydroxylation is 1. The van der Waals surface area contributed by atoms with Crippen molar-refractivity contribution in [2.45, 2.75) is 46.2 Å². The average Bonchev–Trinajstić information content (AvgIpc) is 3.37. The summed E-state index contributed by atoms with van der Waals surface area (Å²) < 4.78 is 3.66. The van der Waals surface area contributed by atoms with Crippen molar-refractivity contribution in [3.05, 3.63) is 76.5 Å². The number of rotatable bonds is 5. The molecule has 4 rings (SSSR count). The summed E-state index contributed by atoms with van der Waals surface area (Å²) in [5.74, 6) is 0.636. The second kappa shape index (κ2) is 7.74. The second-order valence-corrected chi connectivity index (χ2v) is 8.41. The van der Waals surface area contributed by atoms with Gasteiger partial charge in [0.1, 0.15) is 0 Å². The molecule has 0 aliphatic rings. The fourth-order valence-corrected chi connectivity index (χ4v) is 3.70. The Morgan fingerprint density at radius 3 is 2.30 bits per heavy atom. The Bertz CT molecular complexity index is 1190. The van der Waals surface area contributed by atoms with Crippen molar-refractivity contribution < 1.29 is 0 Å². The van der Waals surface area contributed by atoms with E-state index in [1.54, 1.807) is 4.57 Å². The topological polar surface area (TPSA) is 81.4 Å². The van der Waals surface area contributed by atoms with Crippen LogP contribution >= 0.6 is 0 Å². The highest BCUT2D eigenvalue weighted by atomic mass is 16.1. The van der Waals surface area contributed by atoms with Crippen LogP contribution in [0, 0.1) is 0 Å². The van der Waals surface area contributed by atoms with Crippen molar-refractivity contribution in [3.8, 4) is 22.5 Å². The fourth-order valence-electron chi connectivity index (χ4n) is 3.70. The minimum atomic E-state index is -0.108. The van der Waals surface area contributed by atoms with E-state index in [0.717, 1.165) is 27.9 Å². The zero-order valence-electron chi connectivity index (χ0n) is 17.8. The van der Waals surface area contributed by atoms with Gasteiger partial charge < -0.3 is 0 Å². The van der Waals surface area contributed by atoms with Gasteiger partial charge in [-0.2, -0.15) is 0 Å². The van der Waals surface area contributed by atoms with E-state index in [1.165, 1.54) is 0 Å². The summed E-state index contributed by atoms with van der Waals surface area (Å²) in [6.45, 7) is 9.62. The average molecular weight is 403 g/mol. The van der Waals surface area contributed by atoms with Gasteiger partial charge in [-0.1, -0.05) is 69.3 Å². The summed E-state index contributed by atoms with van der Waals surface area (Å²) in [6, 6.07) is 16.3. The van der Waals surface area contributed by atoms with Crippen LogP contribution in [-0.4, -0.2) is 29.8 Å². The Morgan fingerprint density at radius 2 is 1.70 bits per heavy atom.